The van der Waals surface area contributed by atoms with Gasteiger partial charge >= 0.3 is 0 Å². The van der Waals surface area contributed by atoms with Crippen LogP contribution >= 0.6 is 0 Å². The highest BCUT2D eigenvalue weighted by molar-refractivity contribution is 5.85. The minimum absolute atomic E-state index is 0.336. The number of H-pyrrole nitrogens is 1. The number of anilines is 1. The average Bonchev–Trinajstić information content (AvgIpc) is 3.04. The Bertz CT molecular complexity index is 689. The Morgan fingerprint density at radius 1 is 1.42 bits per heavy atom. The summed E-state index contributed by atoms with van der Waals surface area (Å²) in [7, 11) is 1.81. The molecule has 3 N–H and O–H groups in total. The lowest BCUT2D eigenvalue weighted by Crippen LogP contribution is -2.12. The normalized spacial score (nSPS) is 12.7. The van der Waals surface area contributed by atoms with Gasteiger partial charge < -0.3 is 10.4 Å². The number of aromatic amines is 1. The number of fused-ring (bicyclic) bond motifs is 1. The van der Waals surface area contributed by atoms with Gasteiger partial charge in [0.05, 0.1) is 23.9 Å². The van der Waals surface area contributed by atoms with Crippen molar-refractivity contribution in [2.24, 2.45) is 7.05 Å². The Morgan fingerprint density at radius 2 is 2.32 bits per heavy atom. The molecule has 0 bridgehead atoms. The number of nitrogens with zero attached hydrogens (tertiary/aromatic N) is 5. The van der Waals surface area contributed by atoms with E-state index in [-0.39, 0.29) is 0 Å². The van der Waals surface area contributed by atoms with Crippen LogP contribution in [0.15, 0.2) is 24.9 Å². The summed E-state index contributed by atoms with van der Waals surface area (Å²) >= 11 is 0. The number of hydrogen-bond donors (Lipinski definition) is 3. The van der Waals surface area contributed by atoms with E-state index in [1.54, 1.807) is 23.3 Å². The maximum atomic E-state index is 10.0. The molecule has 0 aliphatic carbocycles. The van der Waals surface area contributed by atoms with Gasteiger partial charge in [0.2, 0.25) is 0 Å². The highest BCUT2D eigenvalue weighted by atomic mass is 16.3. The van der Waals surface area contributed by atoms with Crippen molar-refractivity contribution in [2.45, 2.75) is 6.10 Å². The quantitative estimate of drug-likeness (QED) is 0.619. The highest BCUT2D eigenvalue weighted by Gasteiger charge is 2.11. The van der Waals surface area contributed by atoms with Crippen LogP contribution in [0.4, 0.5) is 5.82 Å². The van der Waals surface area contributed by atoms with Crippen LogP contribution < -0.4 is 5.32 Å². The molecule has 8 nitrogen and oxygen atoms in total. The van der Waals surface area contributed by atoms with Gasteiger partial charge in [-0.15, -0.1) is 0 Å². The fraction of sp³-hybridized carbons (Fsp3) is 0.273. The summed E-state index contributed by atoms with van der Waals surface area (Å²) in [6, 6.07) is 0. The SMILES string of the molecule is Cn1cc(C(O)CNc2ncnc3[nH]ncc23)cn1. The number of rotatable bonds is 4. The molecule has 98 valence electrons. The summed E-state index contributed by atoms with van der Waals surface area (Å²) in [5.41, 5.74) is 1.42. The predicted molar refractivity (Wildman–Crippen MR) is 68.3 cm³/mol. The zero-order valence-corrected chi connectivity index (χ0v) is 10.3. The second-order valence-electron chi connectivity index (χ2n) is 4.20. The molecule has 1 atom stereocenters. The predicted octanol–water partition coefficient (Wildman–Crippen LogP) is 0.232. The Balaban J connectivity index is 1.74. The number of hydrogen-bond acceptors (Lipinski definition) is 6. The van der Waals surface area contributed by atoms with E-state index in [0.717, 1.165) is 10.9 Å². The van der Waals surface area contributed by atoms with Crippen LogP contribution in [0.3, 0.4) is 0 Å². The lowest BCUT2D eigenvalue weighted by molar-refractivity contribution is 0.191. The van der Waals surface area contributed by atoms with Crippen molar-refractivity contribution in [3.8, 4) is 0 Å². The first-order chi connectivity index (χ1) is 9.24. The summed E-state index contributed by atoms with van der Waals surface area (Å²) < 4.78 is 1.65. The van der Waals surface area contributed by atoms with Gasteiger partial charge in [0.1, 0.15) is 12.1 Å². The van der Waals surface area contributed by atoms with E-state index < -0.39 is 6.10 Å². The monoisotopic (exact) mass is 259 g/mol. The number of nitrogens with one attached hydrogen (secondary N) is 2. The Morgan fingerprint density at radius 3 is 3.11 bits per heavy atom. The van der Waals surface area contributed by atoms with E-state index >= 15 is 0 Å². The van der Waals surface area contributed by atoms with Crippen molar-refractivity contribution in [1.82, 2.24) is 29.9 Å². The number of aromatic nitrogens is 6. The molecule has 0 aromatic carbocycles. The van der Waals surface area contributed by atoms with Gasteiger partial charge in [0.15, 0.2) is 5.65 Å². The second kappa shape index (κ2) is 4.65. The van der Waals surface area contributed by atoms with Crippen LogP contribution in [0, 0.1) is 0 Å². The first-order valence-corrected chi connectivity index (χ1v) is 5.78. The fourth-order valence-electron chi connectivity index (χ4n) is 1.83. The summed E-state index contributed by atoms with van der Waals surface area (Å²) in [4.78, 5) is 8.18. The molecule has 3 rings (SSSR count). The minimum Gasteiger partial charge on any atom is -0.386 e. The summed E-state index contributed by atoms with van der Waals surface area (Å²) in [5, 5.41) is 24.6. The molecule has 0 aliphatic heterocycles. The van der Waals surface area contributed by atoms with E-state index in [4.69, 9.17) is 0 Å². The molecule has 0 saturated heterocycles. The standard InChI is InChI=1S/C11H13N7O/c1-18-5-7(2-16-18)9(19)4-12-10-8-3-15-17-11(8)14-6-13-10/h2-3,5-6,9,19H,4H2,1H3,(H2,12,13,14,15,17). The minimum atomic E-state index is -0.648. The second-order valence-corrected chi connectivity index (χ2v) is 4.20. The zero-order valence-electron chi connectivity index (χ0n) is 10.3. The first kappa shape index (κ1) is 11.6. The third-order valence-corrected chi connectivity index (χ3v) is 2.82. The average molecular weight is 259 g/mol. The maximum absolute atomic E-state index is 10.0. The van der Waals surface area contributed by atoms with E-state index in [1.165, 1.54) is 6.33 Å². The number of aliphatic hydroxyl groups is 1. The van der Waals surface area contributed by atoms with Gasteiger partial charge in [-0.3, -0.25) is 9.78 Å². The molecule has 0 saturated carbocycles. The van der Waals surface area contributed by atoms with E-state index in [1.807, 2.05) is 7.05 Å². The van der Waals surface area contributed by atoms with Gasteiger partial charge in [-0.1, -0.05) is 0 Å². The molecule has 3 heterocycles. The third-order valence-electron chi connectivity index (χ3n) is 2.82. The lowest BCUT2D eigenvalue weighted by Gasteiger charge is -2.10. The van der Waals surface area contributed by atoms with Crippen LogP contribution in [-0.2, 0) is 7.05 Å². The molecule has 0 radical (unpaired) electrons. The van der Waals surface area contributed by atoms with E-state index in [2.05, 4.69) is 30.6 Å². The van der Waals surface area contributed by atoms with Crippen LogP contribution in [0.25, 0.3) is 11.0 Å². The molecule has 8 heteroatoms. The van der Waals surface area contributed by atoms with Crippen molar-refractivity contribution in [2.75, 3.05) is 11.9 Å². The first-order valence-electron chi connectivity index (χ1n) is 5.78. The molecule has 0 fully saturated rings. The van der Waals surface area contributed by atoms with E-state index in [9.17, 15) is 5.11 Å². The maximum Gasteiger partial charge on any atom is 0.160 e. The zero-order chi connectivity index (χ0) is 13.2. The van der Waals surface area contributed by atoms with Gasteiger partial charge in [0, 0.05) is 25.4 Å². The lowest BCUT2D eigenvalue weighted by atomic mass is 10.2. The molecule has 19 heavy (non-hydrogen) atoms. The van der Waals surface area contributed by atoms with Crippen LogP contribution in [0.2, 0.25) is 0 Å². The molecule has 1 unspecified atom stereocenters. The topological polar surface area (TPSA) is 105 Å². The van der Waals surface area contributed by atoms with Gasteiger partial charge in [0.25, 0.3) is 0 Å². The largest absolute Gasteiger partial charge is 0.386 e. The van der Waals surface area contributed by atoms with Crippen LogP contribution in [0.1, 0.15) is 11.7 Å². The molecular formula is C11H13N7O. The van der Waals surface area contributed by atoms with Crippen molar-refractivity contribution in [3.63, 3.8) is 0 Å². The smallest absolute Gasteiger partial charge is 0.160 e. The van der Waals surface area contributed by atoms with Crippen molar-refractivity contribution in [1.29, 1.82) is 0 Å². The summed E-state index contributed by atoms with van der Waals surface area (Å²) in [6.07, 6.45) is 5.86. The van der Waals surface area contributed by atoms with Crippen molar-refractivity contribution in [3.05, 3.63) is 30.5 Å². The summed E-state index contributed by atoms with van der Waals surface area (Å²) in [6.45, 7) is 0.336. The molecule has 0 amide bonds. The molecule has 3 aromatic rings. The molecular weight excluding hydrogens is 246 g/mol. The van der Waals surface area contributed by atoms with Gasteiger partial charge in [-0.25, -0.2) is 9.97 Å². The van der Waals surface area contributed by atoms with Gasteiger partial charge in [-0.05, 0) is 0 Å². The van der Waals surface area contributed by atoms with Gasteiger partial charge in [-0.2, -0.15) is 10.2 Å². The molecule has 0 spiro atoms. The summed E-state index contributed by atoms with van der Waals surface area (Å²) in [5.74, 6) is 0.640. The fourth-order valence-corrected chi connectivity index (χ4v) is 1.83. The van der Waals surface area contributed by atoms with E-state index in [0.29, 0.717) is 18.0 Å². The van der Waals surface area contributed by atoms with Crippen LogP contribution in [-0.4, -0.2) is 41.6 Å². The Labute approximate surface area is 108 Å². The number of aryl methyl sites for hydroxylation is 1. The number of aliphatic hydroxyl groups excluding tert-OH is 1. The van der Waals surface area contributed by atoms with Crippen molar-refractivity contribution < 1.29 is 5.11 Å². The molecule has 3 aromatic heterocycles. The third kappa shape index (κ3) is 2.25. The Kier molecular flexibility index (Phi) is 2.84. The Hall–Kier alpha value is -2.48. The molecule has 0 aliphatic rings. The van der Waals surface area contributed by atoms with Crippen LogP contribution in [0.5, 0.6) is 0 Å². The van der Waals surface area contributed by atoms with Crippen molar-refractivity contribution >= 4 is 16.9 Å². The highest BCUT2D eigenvalue weighted by Crippen LogP contribution is 2.18.